The fourth-order valence-corrected chi connectivity index (χ4v) is 4.85. The molecule has 2 aliphatic rings. The van der Waals surface area contributed by atoms with Crippen molar-refractivity contribution in [3.63, 3.8) is 0 Å². The van der Waals surface area contributed by atoms with Gasteiger partial charge in [0, 0.05) is 41.8 Å². The predicted molar refractivity (Wildman–Crippen MR) is 102 cm³/mol. The Morgan fingerprint density at radius 2 is 2.00 bits per heavy atom. The molecular formula is C21H29N3O. The third-order valence-electron chi connectivity index (χ3n) is 6.26. The molecule has 134 valence electrons. The maximum atomic E-state index is 13.2. The van der Waals surface area contributed by atoms with Crippen LogP contribution in [-0.2, 0) is 11.2 Å². The van der Waals surface area contributed by atoms with E-state index in [1.807, 2.05) is 0 Å². The normalized spacial score (nSPS) is 24.5. The van der Waals surface area contributed by atoms with Crippen LogP contribution in [-0.4, -0.2) is 52.9 Å². The van der Waals surface area contributed by atoms with Crippen molar-refractivity contribution in [3.05, 3.63) is 35.0 Å². The van der Waals surface area contributed by atoms with E-state index >= 15 is 0 Å². The number of H-pyrrole nitrogens is 1. The lowest BCUT2D eigenvalue weighted by atomic mass is 10.0. The summed E-state index contributed by atoms with van der Waals surface area (Å²) in [7, 11) is 2.21. The topological polar surface area (TPSA) is 39.3 Å². The molecular weight excluding hydrogens is 310 g/mol. The van der Waals surface area contributed by atoms with E-state index in [1.165, 1.54) is 29.4 Å². The van der Waals surface area contributed by atoms with E-state index in [-0.39, 0.29) is 0 Å². The summed E-state index contributed by atoms with van der Waals surface area (Å²) in [6.07, 6.45) is 5.25. The lowest BCUT2D eigenvalue weighted by Crippen LogP contribution is -2.46. The van der Waals surface area contributed by atoms with Crippen LogP contribution in [0.15, 0.2) is 18.2 Å². The van der Waals surface area contributed by atoms with Crippen molar-refractivity contribution in [2.24, 2.45) is 0 Å². The van der Waals surface area contributed by atoms with Crippen LogP contribution >= 0.6 is 0 Å². The molecule has 2 atom stereocenters. The molecule has 4 rings (SSSR count). The summed E-state index contributed by atoms with van der Waals surface area (Å²) in [5.74, 6) is 0.303. The smallest absolute Gasteiger partial charge is 0.227 e. The molecule has 25 heavy (non-hydrogen) atoms. The molecule has 1 aromatic carbocycles. The number of hydrogen-bond donors (Lipinski definition) is 1. The summed E-state index contributed by atoms with van der Waals surface area (Å²) in [5, 5.41) is 1.21. The second-order valence-electron chi connectivity index (χ2n) is 7.94. The lowest BCUT2D eigenvalue weighted by molar-refractivity contribution is -0.133. The van der Waals surface area contributed by atoms with Gasteiger partial charge in [0.1, 0.15) is 0 Å². The van der Waals surface area contributed by atoms with Gasteiger partial charge in [0.25, 0.3) is 0 Å². The number of aryl methyl sites for hydroxylation is 2. The zero-order valence-corrected chi connectivity index (χ0v) is 15.6. The van der Waals surface area contributed by atoms with Crippen LogP contribution in [0.2, 0.25) is 0 Å². The highest BCUT2D eigenvalue weighted by molar-refractivity contribution is 5.90. The lowest BCUT2D eigenvalue weighted by Gasteiger charge is -2.32. The third-order valence-corrected chi connectivity index (χ3v) is 6.26. The zero-order valence-electron chi connectivity index (χ0n) is 15.6. The van der Waals surface area contributed by atoms with Crippen molar-refractivity contribution >= 4 is 16.8 Å². The summed E-state index contributed by atoms with van der Waals surface area (Å²) < 4.78 is 0. The van der Waals surface area contributed by atoms with Gasteiger partial charge in [-0.25, -0.2) is 0 Å². The molecule has 4 nitrogen and oxygen atoms in total. The molecule has 0 aliphatic carbocycles. The van der Waals surface area contributed by atoms with E-state index in [0.29, 0.717) is 24.4 Å². The number of amides is 1. The number of likely N-dealkylation sites (N-methyl/N-ethyl adjacent to an activating group) is 1. The van der Waals surface area contributed by atoms with Gasteiger partial charge >= 0.3 is 0 Å². The number of aromatic amines is 1. The van der Waals surface area contributed by atoms with E-state index in [9.17, 15) is 4.79 Å². The Morgan fingerprint density at radius 3 is 2.84 bits per heavy atom. The Kier molecular flexibility index (Phi) is 4.32. The Labute approximate surface area is 150 Å². The highest BCUT2D eigenvalue weighted by Gasteiger charge is 2.39. The van der Waals surface area contributed by atoms with E-state index in [4.69, 9.17) is 0 Å². The fraction of sp³-hybridized carbons (Fsp3) is 0.571. The third kappa shape index (κ3) is 2.97. The molecule has 0 spiro atoms. The van der Waals surface area contributed by atoms with Crippen molar-refractivity contribution in [2.75, 3.05) is 20.1 Å². The fourth-order valence-electron chi connectivity index (χ4n) is 4.85. The number of carbonyl (C=O) groups is 1. The van der Waals surface area contributed by atoms with Crippen molar-refractivity contribution < 1.29 is 4.79 Å². The molecule has 0 saturated carbocycles. The molecule has 1 aromatic heterocycles. The number of aromatic nitrogens is 1. The molecule has 2 aromatic rings. The van der Waals surface area contributed by atoms with Crippen molar-refractivity contribution in [1.29, 1.82) is 0 Å². The number of carbonyl (C=O) groups excluding carboxylic acids is 1. The second kappa shape index (κ2) is 6.49. The van der Waals surface area contributed by atoms with Gasteiger partial charge in [-0.15, -0.1) is 0 Å². The van der Waals surface area contributed by atoms with E-state index in [2.05, 4.69) is 53.9 Å². The minimum absolute atomic E-state index is 0.303. The average molecular weight is 339 g/mol. The first-order valence-corrected chi connectivity index (χ1v) is 9.62. The van der Waals surface area contributed by atoms with Crippen LogP contribution in [0, 0.1) is 13.8 Å². The first-order chi connectivity index (χ1) is 12.0. The average Bonchev–Trinajstić information content (AvgIpc) is 2.99. The second-order valence-corrected chi connectivity index (χ2v) is 7.94. The van der Waals surface area contributed by atoms with Crippen LogP contribution in [0.25, 0.3) is 10.9 Å². The Bertz CT molecular complexity index is 794. The first kappa shape index (κ1) is 16.6. The van der Waals surface area contributed by atoms with E-state index in [1.54, 1.807) is 0 Å². The Morgan fingerprint density at radius 1 is 1.16 bits per heavy atom. The maximum absolute atomic E-state index is 13.2. The van der Waals surface area contributed by atoms with Gasteiger partial charge < -0.3 is 14.8 Å². The van der Waals surface area contributed by atoms with E-state index < -0.39 is 0 Å². The van der Waals surface area contributed by atoms with Crippen molar-refractivity contribution in [3.8, 4) is 0 Å². The summed E-state index contributed by atoms with van der Waals surface area (Å²) >= 11 is 0. The van der Waals surface area contributed by atoms with Crippen molar-refractivity contribution in [1.82, 2.24) is 14.8 Å². The summed E-state index contributed by atoms with van der Waals surface area (Å²) in [6, 6.07) is 7.41. The first-order valence-electron chi connectivity index (χ1n) is 9.62. The van der Waals surface area contributed by atoms with Crippen molar-refractivity contribution in [2.45, 2.75) is 58.0 Å². The molecule has 0 unspecified atom stereocenters. The number of benzene rings is 1. The van der Waals surface area contributed by atoms with Gasteiger partial charge in [0.2, 0.25) is 5.91 Å². The predicted octanol–water partition coefficient (Wildman–Crippen LogP) is 3.41. The summed E-state index contributed by atoms with van der Waals surface area (Å²) in [6.45, 7) is 6.24. The van der Waals surface area contributed by atoms with Crippen LogP contribution in [0.3, 0.4) is 0 Å². The minimum Gasteiger partial charge on any atom is -0.358 e. The molecule has 0 radical (unpaired) electrons. The Balaban J connectivity index is 1.61. The quantitative estimate of drug-likeness (QED) is 0.911. The SMILES string of the molecule is Cc1ccc2[nH]c(C)c(CC(=O)N3CCCC[C@@H]4[C@H]3CCN4C)c2c1. The van der Waals surface area contributed by atoms with Crippen LogP contribution in [0.1, 0.15) is 42.5 Å². The molecule has 3 heterocycles. The van der Waals surface area contributed by atoms with E-state index in [0.717, 1.165) is 37.1 Å². The maximum Gasteiger partial charge on any atom is 0.227 e. The largest absolute Gasteiger partial charge is 0.358 e. The van der Waals surface area contributed by atoms with Crippen LogP contribution in [0.4, 0.5) is 0 Å². The van der Waals surface area contributed by atoms with Gasteiger partial charge in [-0.1, -0.05) is 18.1 Å². The number of hydrogen-bond acceptors (Lipinski definition) is 2. The van der Waals surface area contributed by atoms with Crippen LogP contribution in [0.5, 0.6) is 0 Å². The molecule has 0 bridgehead atoms. The highest BCUT2D eigenvalue weighted by atomic mass is 16.2. The van der Waals surface area contributed by atoms with Gasteiger partial charge in [-0.05, 0) is 57.9 Å². The van der Waals surface area contributed by atoms with Gasteiger partial charge in [-0.2, -0.15) is 0 Å². The summed E-state index contributed by atoms with van der Waals surface area (Å²) in [4.78, 5) is 21.3. The number of nitrogens with one attached hydrogen (secondary N) is 1. The number of fused-ring (bicyclic) bond motifs is 2. The van der Waals surface area contributed by atoms with Crippen LogP contribution < -0.4 is 0 Å². The molecule has 4 heteroatoms. The Hall–Kier alpha value is -1.81. The number of nitrogens with zero attached hydrogens (tertiary/aromatic N) is 2. The molecule has 2 saturated heterocycles. The molecule has 1 N–H and O–H groups in total. The number of rotatable bonds is 2. The highest BCUT2D eigenvalue weighted by Crippen LogP contribution is 2.30. The molecule has 1 amide bonds. The molecule has 2 fully saturated rings. The summed E-state index contributed by atoms with van der Waals surface area (Å²) in [5.41, 5.74) is 4.69. The zero-order chi connectivity index (χ0) is 17.6. The monoisotopic (exact) mass is 339 g/mol. The standard InChI is InChI=1S/C21H29N3O/c1-14-7-8-18-17(12-14)16(15(2)22-18)13-21(25)24-10-5-4-6-19-20(24)9-11-23(19)3/h7-8,12,19-20,22H,4-6,9-11,13H2,1-3H3/t19-,20-/m1/s1. The molecule has 2 aliphatic heterocycles. The van der Waals surface area contributed by atoms with Gasteiger partial charge in [0.05, 0.1) is 6.42 Å². The minimum atomic E-state index is 0.303. The number of likely N-dealkylation sites (tertiary alicyclic amines) is 2. The van der Waals surface area contributed by atoms with Gasteiger partial charge in [0.15, 0.2) is 0 Å². The van der Waals surface area contributed by atoms with Gasteiger partial charge in [-0.3, -0.25) is 4.79 Å².